The maximum Gasteiger partial charge on any atom is 0.168 e. The lowest BCUT2D eigenvalue weighted by molar-refractivity contribution is -0.184. The summed E-state index contributed by atoms with van der Waals surface area (Å²) in [5, 5.41) is 0. The molecule has 1 spiro atoms. The van der Waals surface area contributed by atoms with Crippen LogP contribution in [0.4, 0.5) is 0 Å². The minimum absolute atomic E-state index is 0.206. The molecule has 1 aliphatic carbocycles. The van der Waals surface area contributed by atoms with Gasteiger partial charge in [-0.05, 0) is 25.7 Å². The Bertz CT molecular complexity index is 165. The zero-order valence-electron chi connectivity index (χ0n) is 8.96. The summed E-state index contributed by atoms with van der Waals surface area (Å²) in [6.45, 7) is 5.33. The summed E-state index contributed by atoms with van der Waals surface area (Å²) in [6.07, 6.45) is 4.45. The molecule has 0 amide bonds. The van der Waals surface area contributed by atoms with Crippen LogP contribution in [0.25, 0.3) is 0 Å². The normalized spacial score (nSPS) is 27.2. The first-order valence-electron chi connectivity index (χ1n) is 5.70. The molecular weight excluding hydrogens is 180 g/mol. The Hall–Kier alpha value is -0.120. The van der Waals surface area contributed by atoms with E-state index in [0.717, 1.165) is 39.3 Å². The minimum Gasteiger partial charge on any atom is -0.381 e. The van der Waals surface area contributed by atoms with Crippen LogP contribution in [-0.4, -0.2) is 32.2 Å². The molecule has 0 N–H and O–H groups in total. The van der Waals surface area contributed by atoms with E-state index in [1.165, 1.54) is 12.8 Å². The van der Waals surface area contributed by atoms with Crippen molar-refractivity contribution >= 4 is 0 Å². The number of hydrogen-bond acceptors (Lipinski definition) is 3. The lowest BCUT2D eigenvalue weighted by Crippen LogP contribution is -2.36. The van der Waals surface area contributed by atoms with Gasteiger partial charge in [-0.15, -0.1) is 0 Å². The van der Waals surface area contributed by atoms with E-state index in [4.69, 9.17) is 14.2 Å². The first-order valence-corrected chi connectivity index (χ1v) is 5.70. The van der Waals surface area contributed by atoms with Crippen molar-refractivity contribution in [2.75, 3.05) is 26.4 Å². The Balaban J connectivity index is 1.74. The molecule has 2 fully saturated rings. The van der Waals surface area contributed by atoms with Crippen LogP contribution in [0.2, 0.25) is 0 Å². The second-order valence-corrected chi connectivity index (χ2v) is 4.21. The molecule has 82 valence electrons. The highest BCUT2D eigenvalue weighted by atomic mass is 16.7. The van der Waals surface area contributed by atoms with Crippen LogP contribution in [0.1, 0.15) is 32.6 Å². The molecule has 1 heterocycles. The average molecular weight is 200 g/mol. The Labute approximate surface area is 85.7 Å². The summed E-state index contributed by atoms with van der Waals surface area (Å²) < 4.78 is 16.8. The molecule has 3 nitrogen and oxygen atoms in total. The van der Waals surface area contributed by atoms with Crippen LogP contribution >= 0.6 is 0 Å². The molecule has 0 aromatic heterocycles. The van der Waals surface area contributed by atoms with Crippen LogP contribution in [0, 0.1) is 5.92 Å². The Morgan fingerprint density at radius 3 is 2.43 bits per heavy atom. The molecular formula is C11H20O3. The SMILES string of the molecule is CCOCC1CCC2(CC1)OCCO2. The van der Waals surface area contributed by atoms with E-state index >= 15 is 0 Å². The Morgan fingerprint density at radius 2 is 1.86 bits per heavy atom. The van der Waals surface area contributed by atoms with Crippen molar-refractivity contribution < 1.29 is 14.2 Å². The summed E-state index contributed by atoms with van der Waals surface area (Å²) in [7, 11) is 0. The summed E-state index contributed by atoms with van der Waals surface area (Å²) in [6, 6.07) is 0. The summed E-state index contributed by atoms with van der Waals surface area (Å²) >= 11 is 0. The summed E-state index contributed by atoms with van der Waals surface area (Å²) in [4.78, 5) is 0. The van der Waals surface area contributed by atoms with E-state index in [-0.39, 0.29) is 5.79 Å². The summed E-state index contributed by atoms with van der Waals surface area (Å²) in [5.74, 6) is 0.510. The van der Waals surface area contributed by atoms with Crippen LogP contribution < -0.4 is 0 Å². The van der Waals surface area contributed by atoms with Gasteiger partial charge in [-0.3, -0.25) is 0 Å². The molecule has 1 saturated heterocycles. The van der Waals surface area contributed by atoms with E-state index in [1.807, 2.05) is 6.92 Å². The highest BCUT2D eigenvalue weighted by molar-refractivity contribution is 4.82. The third-order valence-electron chi connectivity index (χ3n) is 3.24. The fourth-order valence-electron chi connectivity index (χ4n) is 2.35. The smallest absolute Gasteiger partial charge is 0.168 e. The van der Waals surface area contributed by atoms with Crippen LogP contribution in [0.15, 0.2) is 0 Å². The molecule has 0 aromatic rings. The number of hydrogen-bond donors (Lipinski definition) is 0. The third-order valence-corrected chi connectivity index (χ3v) is 3.24. The van der Waals surface area contributed by atoms with Gasteiger partial charge in [-0.25, -0.2) is 0 Å². The Kier molecular flexibility index (Phi) is 3.42. The van der Waals surface area contributed by atoms with Crippen molar-refractivity contribution in [1.82, 2.24) is 0 Å². The standard InChI is InChI=1S/C11H20O3/c1-2-12-9-10-3-5-11(6-4-10)13-7-8-14-11/h10H,2-9H2,1H3. The molecule has 1 saturated carbocycles. The molecule has 0 aromatic carbocycles. The van der Waals surface area contributed by atoms with E-state index in [1.54, 1.807) is 0 Å². The predicted octanol–water partition coefficient (Wildman–Crippen LogP) is 1.96. The molecule has 0 unspecified atom stereocenters. The maximum atomic E-state index is 5.67. The van der Waals surface area contributed by atoms with E-state index in [9.17, 15) is 0 Å². The second-order valence-electron chi connectivity index (χ2n) is 4.21. The lowest BCUT2D eigenvalue weighted by atomic mass is 9.85. The van der Waals surface area contributed by atoms with Gasteiger partial charge >= 0.3 is 0 Å². The van der Waals surface area contributed by atoms with Gasteiger partial charge in [0.25, 0.3) is 0 Å². The molecule has 14 heavy (non-hydrogen) atoms. The zero-order chi connectivity index (χ0) is 9.86. The van der Waals surface area contributed by atoms with Gasteiger partial charge in [-0.1, -0.05) is 0 Å². The van der Waals surface area contributed by atoms with Gasteiger partial charge in [-0.2, -0.15) is 0 Å². The van der Waals surface area contributed by atoms with Gasteiger partial charge < -0.3 is 14.2 Å². The average Bonchev–Trinajstić information content (AvgIpc) is 2.66. The third kappa shape index (κ3) is 2.27. The van der Waals surface area contributed by atoms with Gasteiger partial charge in [0.15, 0.2) is 5.79 Å². The summed E-state index contributed by atoms with van der Waals surface area (Å²) in [5.41, 5.74) is 0. The molecule has 0 radical (unpaired) electrons. The largest absolute Gasteiger partial charge is 0.381 e. The second kappa shape index (κ2) is 4.60. The van der Waals surface area contributed by atoms with Gasteiger partial charge in [0.1, 0.15) is 0 Å². The zero-order valence-corrected chi connectivity index (χ0v) is 8.96. The molecule has 1 aliphatic heterocycles. The van der Waals surface area contributed by atoms with Crippen molar-refractivity contribution in [3.63, 3.8) is 0 Å². The molecule has 0 bridgehead atoms. The molecule has 2 rings (SSSR count). The highest BCUT2D eigenvalue weighted by Crippen LogP contribution is 2.38. The van der Waals surface area contributed by atoms with Crippen LogP contribution in [0.3, 0.4) is 0 Å². The maximum absolute atomic E-state index is 5.67. The van der Waals surface area contributed by atoms with Crippen molar-refractivity contribution in [2.24, 2.45) is 5.92 Å². The minimum atomic E-state index is -0.206. The Morgan fingerprint density at radius 1 is 1.21 bits per heavy atom. The van der Waals surface area contributed by atoms with E-state index in [0.29, 0.717) is 5.92 Å². The molecule has 2 aliphatic rings. The van der Waals surface area contributed by atoms with Crippen molar-refractivity contribution in [3.05, 3.63) is 0 Å². The fraction of sp³-hybridized carbons (Fsp3) is 1.00. The molecule has 3 heteroatoms. The molecule has 0 atom stereocenters. The van der Waals surface area contributed by atoms with Gasteiger partial charge in [0, 0.05) is 26.1 Å². The van der Waals surface area contributed by atoms with Crippen LogP contribution in [-0.2, 0) is 14.2 Å². The monoisotopic (exact) mass is 200 g/mol. The van der Waals surface area contributed by atoms with Crippen LogP contribution in [0.5, 0.6) is 0 Å². The van der Waals surface area contributed by atoms with E-state index in [2.05, 4.69) is 0 Å². The first kappa shape index (κ1) is 10.4. The number of ether oxygens (including phenoxy) is 3. The van der Waals surface area contributed by atoms with Crippen molar-refractivity contribution in [3.8, 4) is 0 Å². The van der Waals surface area contributed by atoms with Gasteiger partial charge in [0.05, 0.1) is 13.2 Å². The predicted molar refractivity (Wildman–Crippen MR) is 53.1 cm³/mol. The number of rotatable bonds is 3. The van der Waals surface area contributed by atoms with E-state index < -0.39 is 0 Å². The quantitative estimate of drug-likeness (QED) is 0.697. The highest BCUT2D eigenvalue weighted by Gasteiger charge is 2.40. The topological polar surface area (TPSA) is 27.7 Å². The lowest BCUT2D eigenvalue weighted by Gasteiger charge is -2.35. The fourth-order valence-corrected chi connectivity index (χ4v) is 2.35. The van der Waals surface area contributed by atoms with Crippen molar-refractivity contribution in [1.29, 1.82) is 0 Å². The first-order chi connectivity index (χ1) is 6.85. The van der Waals surface area contributed by atoms with Crippen molar-refractivity contribution in [2.45, 2.75) is 38.4 Å². The van der Waals surface area contributed by atoms with Gasteiger partial charge in [0.2, 0.25) is 0 Å².